The van der Waals surface area contributed by atoms with Gasteiger partial charge in [-0.15, -0.1) is 0 Å². The quantitative estimate of drug-likeness (QED) is 0.579. The standard InChI is InChI=1S/C17H22BrNO4/c1-11(2)10-19-17(21)12(3)23-16(20)8-5-13-9-14(18)6-7-15(13)22-4/h5-9,11-12H,10H2,1-4H3,(H,19,21)/b8-5+/t12-/m0/s1. The molecule has 1 amide bonds. The Morgan fingerprint density at radius 2 is 2.00 bits per heavy atom. The number of benzene rings is 1. The molecule has 0 fully saturated rings. The van der Waals surface area contributed by atoms with E-state index in [0.717, 1.165) is 10.0 Å². The molecule has 6 heteroatoms. The van der Waals surface area contributed by atoms with Gasteiger partial charge in [-0.2, -0.15) is 0 Å². The Labute approximate surface area is 145 Å². The monoisotopic (exact) mass is 383 g/mol. The van der Waals surface area contributed by atoms with Crippen LogP contribution in [-0.2, 0) is 14.3 Å². The van der Waals surface area contributed by atoms with Crippen molar-refractivity contribution in [3.05, 3.63) is 34.3 Å². The van der Waals surface area contributed by atoms with Gasteiger partial charge >= 0.3 is 5.97 Å². The first-order chi connectivity index (χ1) is 10.8. The van der Waals surface area contributed by atoms with Crippen LogP contribution >= 0.6 is 15.9 Å². The number of esters is 1. The summed E-state index contributed by atoms with van der Waals surface area (Å²) in [6.07, 6.45) is 2.02. The van der Waals surface area contributed by atoms with Gasteiger partial charge < -0.3 is 14.8 Å². The van der Waals surface area contributed by atoms with Gasteiger partial charge in [0.2, 0.25) is 0 Å². The first kappa shape index (κ1) is 19.2. The lowest BCUT2D eigenvalue weighted by Gasteiger charge is -2.13. The molecule has 0 saturated carbocycles. The maximum absolute atomic E-state index is 11.8. The predicted molar refractivity (Wildman–Crippen MR) is 93.1 cm³/mol. The molecular weight excluding hydrogens is 362 g/mol. The van der Waals surface area contributed by atoms with Crippen molar-refractivity contribution in [1.82, 2.24) is 5.32 Å². The van der Waals surface area contributed by atoms with Crippen LogP contribution in [0.4, 0.5) is 0 Å². The number of hydrogen-bond acceptors (Lipinski definition) is 4. The average Bonchev–Trinajstić information content (AvgIpc) is 2.50. The molecule has 0 aliphatic carbocycles. The highest BCUT2D eigenvalue weighted by Gasteiger charge is 2.16. The number of nitrogens with one attached hydrogen (secondary N) is 1. The molecule has 0 aromatic heterocycles. The van der Waals surface area contributed by atoms with Crippen LogP contribution in [0, 0.1) is 5.92 Å². The summed E-state index contributed by atoms with van der Waals surface area (Å²) in [6.45, 7) is 6.07. The molecule has 0 radical (unpaired) electrons. The van der Waals surface area contributed by atoms with Crippen molar-refractivity contribution in [2.24, 2.45) is 5.92 Å². The Morgan fingerprint density at radius 1 is 1.30 bits per heavy atom. The first-order valence-corrected chi connectivity index (χ1v) is 8.12. The second kappa shape index (κ2) is 9.35. The maximum Gasteiger partial charge on any atom is 0.331 e. The fourth-order valence-corrected chi connectivity index (χ4v) is 2.09. The lowest BCUT2D eigenvalue weighted by molar-refractivity contribution is -0.150. The van der Waals surface area contributed by atoms with Crippen LogP contribution < -0.4 is 10.1 Å². The van der Waals surface area contributed by atoms with E-state index in [-0.39, 0.29) is 5.91 Å². The molecule has 1 N–H and O–H groups in total. The minimum absolute atomic E-state index is 0.305. The molecule has 0 saturated heterocycles. The van der Waals surface area contributed by atoms with E-state index in [1.807, 2.05) is 26.0 Å². The van der Waals surface area contributed by atoms with Crippen LogP contribution in [-0.4, -0.2) is 31.6 Å². The van der Waals surface area contributed by atoms with Crippen molar-refractivity contribution in [2.75, 3.05) is 13.7 Å². The zero-order chi connectivity index (χ0) is 17.4. The van der Waals surface area contributed by atoms with Gasteiger partial charge in [-0.3, -0.25) is 4.79 Å². The largest absolute Gasteiger partial charge is 0.496 e. The van der Waals surface area contributed by atoms with E-state index in [4.69, 9.17) is 9.47 Å². The smallest absolute Gasteiger partial charge is 0.331 e. The summed E-state index contributed by atoms with van der Waals surface area (Å²) in [5.41, 5.74) is 0.732. The lowest BCUT2D eigenvalue weighted by Crippen LogP contribution is -2.37. The average molecular weight is 384 g/mol. The van der Waals surface area contributed by atoms with Crippen LogP contribution in [0.25, 0.3) is 6.08 Å². The third kappa shape index (κ3) is 6.86. The third-order valence-corrected chi connectivity index (χ3v) is 3.43. The van der Waals surface area contributed by atoms with Gasteiger partial charge in [-0.25, -0.2) is 4.79 Å². The number of hydrogen-bond donors (Lipinski definition) is 1. The van der Waals surface area contributed by atoms with E-state index in [1.165, 1.54) is 6.08 Å². The van der Waals surface area contributed by atoms with Crippen LogP contribution in [0.5, 0.6) is 5.75 Å². The molecule has 0 aliphatic heterocycles. The van der Waals surface area contributed by atoms with Crippen molar-refractivity contribution in [3.63, 3.8) is 0 Å². The van der Waals surface area contributed by atoms with Crippen LogP contribution in [0.1, 0.15) is 26.3 Å². The molecule has 0 unspecified atom stereocenters. The molecule has 23 heavy (non-hydrogen) atoms. The molecule has 0 heterocycles. The van der Waals surface area contributed by atoms with Crippen molar-refractivity contribution < 1.29 is 19.1 Å². The van der Waals surface area contributed by atoms with E-state index in [1.54, 1.807) is 26.2 Å². The topological polar surface area (TPSA) is 64.6 Å². The highest BCUT2D eigenvalue weighted by Crippen LogP contribution is 2.24. The number of rotatable bonds is 7. The summed E-state index contributed by atoms with van der Waals surface area (Å²) >= 11 is 3.36. The number of carbonyl (C=O) groups is 2. The van der Waals surface area contributed by atoms with Gasteiger partial charge in [0.25, 0.3) is 5.91 Å². The van der Waals surface area contributed by atoms with Crippen molar-refractivity contribution in [2.45, 2.75) is 26.9 Å². The number of methoxy groups -OCH3 is 1. The second-order valence-corrected chi connectivity index (χ2v) is 6.35. The summed E-state index contributed by atoms with van der Waals surface area (Å²) in [4.78, 5) is 23.6. The molecule has 0 bridgehead atoms. The number of ether oxygens (including phenoxy) is 2. The van der Waals surface area contributed by atoms with Crippen LogP contribution in [0.3, 0.4) is 0 Å². The minimum Gasteiger partial charge on any atom is -0.496 e. The third-order valence-electron chi connectivity index (χ3n) is 2.94. The summed E-state index contributed by atoms with van der Waals surface area (Å²) in [6, 6.07) is 5.45. The van der Waals surface area contributed by atoms with Gasteiger partial charge in [0.15, 0.2) is 6.10 Å². The normalized spacial score (nSPS) is 12.3. The Morgan fingerprint density at radius 3 is 2.61 bits per heavy atom. The Balaban J connectivity index is 2.62. The molecule has 1 aromatic carbocycles. The predicted octanol–water partition coefficient (Wildman–Crippen LogP) is 3.17. The van der Waals surface area contributed by atoms with Crippen molar-refractivity contribution in [1.29, 1.82) is 0 Å². The van der Waals surface area contributed by atoms with E-state index in [9.17, 15) is 9.59 Å². The molecule has 126 valence electrons. The van der Waals surface area contributed by atoms with E-state index in [0.29, 0.717) is 18.2 Å². The molecule has 0 spiro atoms. The highest BCUT2D eigenvalue weighted by atomic mass is 79.9. The lowest BCUT2D eigenvalue weighted by atomic mass is 10.2. The van der Waals surface area contributed by atoms with Gasteiger partial charge in [0.05, 0.1) is 7.11 Å². The molecule has 1 rings (SSSR count). The summed E-state index contributed by atoms with van der Waals surface area (Å²) in [5.74, 6) is 0.0884. The van der Waals surface area contributed by atoms with E-state index in [2.05, 4.69) is 21.2 Å². The van der Waals surface area contributed by atoms with Crippen LogP contribution in [0.2, 0.25) is 0 Å². The van der Waals surface area contributed by atoms with Crippen molar-refractivity contribution in [3.8, 4) is 5.75 Å². The Bertz CT molecular complexity index is 584. The summed E-state index contributed by atoms with van der Waals surface area (Å²) < 4.78 is 11.2. The maximum atomic E-state index is 11.8. The van der Waals surface area contributed by atoms with Gasteiger partial charge in [0.1, 0.15) is 5.75 Å². The number of halogens is 1. The Hall–Kier alpha value is -1.82. The number of amides is 1. The van der Waals surface area contributed by atoms with Gasteiger partial charge in [-0.1, -0.05) is 29.8 Å². The van der Waals surface area contributed by atoms with Gasteiger partial charge in [0, 0.05) is 22.7 Å². The van der Waals surface area contributed by atoms with Crippen molar-refractivity contribution >= 4 is 33.9 Å². The fraction of sp³-hybridized carbons (Fsp3) is 0.412. The molecule has 1 aromatic rings. The summed E-state index contributed by atoms with van der Waals surface area (Å²) in [7, 11) is 1.56. The minimum atomic E-state index is -0.838. The second-order valence-electron chi connectivity index (χ2n) is 5.44. The zero-order valence-electron chi connectivity index (χ0n) is 13.8. The number of carbonyl (C=O) groups excluding carboxylic acids is 2. The van der Waals surface area contributed by atoms with Gasteiger partial charge in [-0.05, 0) is 37.1 Å². The highest BCUT2D eigenvalue weighted by molar-refractivity contribution is 9.10. The van der Waals surface area contributed by atoms with E-state index >= 15 is 0 Å². The SMILES string of the molecule is COc1ccc(Br)cc1/C=C/C(=O)O[C@@H](C)C(=O)NCC(C)C. The van der Waals surface area contributed by atoms with E-state index < -0.39 is 12.1 Å². The fourth-order valence-electron chi connectivity index (χ4n) is 1.71. The molecule has 5 nitrogen and oxygen atoms in total. The first-order valence-electron chi connectivity index (χ1n) is 7.33. The zero-order valence-corrected chi connectivity index (χ0v) is 15.3. The molecular formula is C17H22BrNO4. The summed E-state index contributed by atoms with van der Waals surface area (Å²) in [5, 5.41) is 2.72. The Kier molecular flexibility index (Phi) is 7.81. The van der Waals surface area contributed by atoms with Crippen LogP contribution in [0.15, 0.2) is 28.7 Å². The molecule has 0 aliphatic rings. The molecule has 1 atom stereocenters.